The lowest BCUT2D eigenvalue weighted by Gasteiger charge is -2.32. The van der Waals surface area contributed by atoms with Crippen molar-refractivity contribution in [1.29, 1.82) is 0 Å². The molecule has 1 fully saturated rings. The number of hydrogen-bond donors (Lipinski definition) is 3. The van der Waals surface area contributed by atoms with Gasteiger partial charge in [0.1, 0.15) is 10.6 Å². The first-order chi connectivity index (χ1) is 13.8. The Morgan fingerprint density at radius 2 is 1.90 bits per heavy atom. The Morgan fingerprint density at radius 3 is 2.62 bits per heavy atom. The van der Waals surface area contributed by atoms with Gasteiger partial charge in [-0.25, -0.2) is 15.0 Å². The minimum absolute atomic E-state index is 0.321. The Morgan fingerprint density at radius 1 is 1.14 bits per heavy atom. The third-order valence-electron chi connectivity index (χ3n) is 5.22. The standard InChI is InChI=1S/C21H23ClN4O2S/c1-12-7-14(9-15(8-12)26-20-24-10-17(22)13(2)25-20)18-11-23-19(29-18)21(28)5-3-16(27)4-6-21/h7-11,16,27-28H,3-6H2,1-2H3,(H,24,25,26)/t16-,21+. The molecule has 0 atom stereocenters. The number of benzene rings is 1. The normalized spacial score (nSPS) is 21.9. The molecule has 8 heteroatoms. The van der Waals surface area contributed by atoms with Crippen LogP contribution in [0.1, 0.15) is 41.9 Å². The molecule has 0 unspecified atom stereocenters. The molecule has 152 valence electrons. The number of anilines is 2. The number of aliphatic hydroxyl groups excluding tert-OH is 1. The van der Waals surface area contributed by atoms with Crippen LogP contribution in [0.4, 0.5) is 11.6 Å². The number of nitrogens with one attached hydrogen (secondary N) is 1. The fraction of sp³-hybridized carbons (Fsp3) is 0.381. The summed E-state index contributed by atoms with van der Waals surface area (Å²) in [6.45, 7) is 3.87. The zero-order chi connectivity index (χ0) is 20.6. The summed E-state index contributed by atoms with van der Waals surface area (Å²) in [4.78, 5) is 14.1. The van der Waals surface area contributed by atoms with E-state index < -0.39 is 5.60 Å². The largest absolute Gasteiger partial charge is 0.393 e. The van der Waals surface area contributed by atoms with Gasteiger partial charge >= 0.3 is 0 Å². The van der Waals surface area contributed by atoms with Gasteiger partial charge in [0, 0.05) is 11.9 Å². The van der Waals surface area contributed by atoms with Crippen molar-refractivity contribution in [3.63, 3.8) is 0 Å². The number of thiazole rings is 1. The molecule has 2 aromatic heterocycles. The first kappa shape index (κ1) is 20.2. The smallest absolute Gasteiger partial charge is 0.227 e. The van der Waals surface area contributed by atoms with Crippen LogP contribution in [0.3, 0.4) is 0 Å². The van der Waals surface area contributed by atoms with Crippen LogP contribution in [0.5, 0.6) is 0 Å². The van der Waals surface area contributed by atoms with Crippen molar-refractivity contribution in [2.24, 2.45) is 0 Å². The molecule has 1 aliphatic carbocycles. The van der Waals surface area contributed by atoms with Crippen LogP contribution in [0.2, 0.25) is 5.02 Å². The molecule has 3 aromatic rings. The van der Waals surface area contributed by atoms with E-state index in [0.717, 1.165) is 27.4 Å². The number of nitrogens with zero attached hydrogens (tertiary/aromatic N) is 3. The Labute approximate surface area is 178 Å². The molecule has 0 saturated heterocycles. The summed E-state index contributed by atoms with van der Waals surface area (Å²) < 4.78 is 0. The first-order valence-electron chi connectivity index (χ1n) is 9.57. The molecule has 2 heterocycles. The molecular weight excluding hydrogens is 408 g/mol. The van der Waals surface area contributed by atoms with Crippen molar-refractivity contribution in [3.05, 3.63) is 51.9 Å². The maximum Gasteiger partial charge on any atom is 0.227 e. The van der Waals surface area contributed by atoms with Gasteiger partial charge in [-0.1, -0.05) is 17.7 Å². The molecule has 4 rings (SSSR count). The molecule has 29 heavy (non-hydrogen) atoms. The van der Waals surface area contributed by atoms with Gasteiger partial charge in [0.05, 0.1) is 27.9 Å². The maximum atomic E-state index is 11.0. The third kappa shape index (κ3) is 4.43. The summed E-state index contributed by atoms with van der Waals surface area (Å²) in [5, 5.41) is 25.2. The van der Waals surface area contributed by atoms with E-state index >= 15 is 0 Å². The van der Waals surface area contributed by atoms with Crippen LogP contribution < -0.4 is 5.32 Å². The number of rotatable bonds is 4. The van der Waals surface area contributed by atoms with E-state index in [1.807, 2.05) is 32.2 Å². The molecule has 3 N–H and O–H groups in total. The van der Waals surface area contributed by atoms with Crippen LogP contribution in [-0.2, 0) is 5.60 Å². The second kappa shape index (κ2) is 7.99. The Kier molecular flexibility index (Phi) is 5.57. The van der Waals surface area contributed by atoms with Crippen molar-refractivity contribution in [2.45, 2.75) is 51.2 Å². The van der Waals surface area contributed by atoms with Crippen molar-refractivity contribution in [1.82, 2.24) is 15.0 Å². The van der Waals surface area contributed by atoms with Gasteiger partial charge in [-0.3, -0.25) is 0 Å². The predicted molar refractivity (Wildman–Crippen MR) is 116 cm³/mol. The quantitative estimate of drug-likeness (QED) is 0.554. The predicted octanol–water partition coefficient (Wildman–Crippen LogP) is 4.74. The molecule has 0 spiro atoms. The van der Waals surface area contributed by atoms with Crippen LogP contribution in [0.15, 0.2) is 30.6 Å². The van der Waals surface area contributed by atoms with Gasteiger partial charge in [0.25, 0.3) is 0 Å². The molecule has 0 bridgehead atoms. The van der Waals surface area contributed by atoms with Gasteiger partial charge in [0.15, 0.2) is 0 Å². The fourth-order valence-electron chi connectivity index (χ4n) is 3.56. The average Bonchev–Trinajstić information content (AvgIpc) is 3.18. The van der Waals surface area contributed by atoms with Gasteiger partial charge in [-0.15, -0.1) is 11.3 Å². The lowest BCUT2D eigenvalue weighted by molar-refractivity contribution is -0.0362. The maximum absolute atomic E-state index is 11.0. The summed E-state index contributed by atoms with van der Waals surface area (Å²) in [5.41, 5.74) is 2.75. The fourth-order valence-corrected chi connectivity index (χ4v) is 4.70. The Bertz CT molecular complexity index is 1030. The lowest BCUT2D eigenvalue weighted by atomic mass is 9.84. The van der Waals surface area contributed by atoms with E-state index in [1.54, 1.807) is 6.20 Å². The van der Waals surface area contributed by atoms with Crippen molar-refractivity contribution >= 4 is 34.6 Å². The number of aromatic nitrogens is 3. The molecule has 1 saturated carbocycles. The monoisotopic (exact) mass is 430 g/mol. The summed E-state index contributed by atoms with van der Waals surface area (Å²) in [7, 11) is 0. The summed E-state index contributed by atoms with van der Waals surface area (Å²) >= 11 is 7.51. The minimum Gasteiger partial charge on any atom is -0.393 e. The second-order valence-electron chi connectivity index (χ2n) is 7.63. The molecule has 1 aromatic carbocycles. The van der Waals surface area contributed by atoms with Crippen LogP contribution >= 0.6 is 22.9 Å². The Balaban J connectivity index is 1.59. The van der Waals surface area contributed by atoms with Gasteiger partial charge in [0.2, 0.25) is 5.95 Å². The number of halogens is 1. The van der Waals surface area contributed by atoms with E-state index in [0.29, 0.717) is 41.7 Å². The zero-order valence-corrected chi connectivity index (χ0v) is 17.9. The summed E-state index contributed by atoms with van der Waals surface area (Å²) in [5.74, 6) is 0.489. The lowest BCUT2D eigenvalue weighted by Crippen LogP contribution is -2.33. The first-order valence-corrected chi connectivity index (χ1v) is 10.8. The van der Waals surface area contributed by atoms with Crippen molar-refractivity contribution in [3.8, 4) is 10.4 Å². The van der Waals surface area contributed by atoms with E-state index in [-0.39, 0.29) is 6.10 Å². The zero-order valence-electron chi connectivity index (χ0n) is 16.3. The minimum atomic E-state index is -0.943. The molecule has 6 nitrogen and oxygen atoms in total. The van der Waals surface area contributed by atoms with Crippen molar-refractivity contribution < 1.29 is 10.2 Å². The summed E-state index contributed by atoms with van der Waals surface area (Å²) in [6, 6.07) is 6.13. The topological polar surface area (TPSA) is 91.2 Å². The molecule has 1 aliphatic rings. The SMILES string of the molecule is Cc1cc(Nc2ncc(Cl)c(C)n2)cc(-c2cnc([C@]3(O)CC[C@@H](O)CC3)s2)c1. The van der Waals surface area contributed by atoms with E-state index in [4.69, 9.17) is 11.6 Å². The van der Waals surface area contributed by atoms with Crippen LogP contribution in [0.25, 0.3) is 10.4 Å². The number of aliphatic hydroxyl groups is 2. The van der Waals surface area contributed by atoms with Gasteiger partial charge in [-0.2, -0.15) is 0 Å². The van der Waals surface area contributed by atoms with E-state index in [2.05, 4.69) is 26.3 Å². The molecule has 0 amide bonds. The highest BCUT2D eigenvalue weighted by Gasteiger charge is 2.36. The van der Waals surface area contributed by atoms with Crippen molar-refractivity contribution in [2.75, 3.05) is 5.32 Å². The van der Waals surface area contributed by atoms with Gasteiger partial charge in [-0.05, 0) is 62.8 Å². The number of hydrogen-bond acceptors (Lipinski definition) is 7. The Hall–Kier alpha value is -2.06. The highest BCUT2D eigenvalue weighted by Crippen LogP contribution is 2.41. The second-order valence-corrected chi connectivity index (χ2v) is 9.07. The highest BCUT2D eigenvalue weighted by atomic mass is 35.5. The number of aryl methyl sites for hydroxylation is 2. The molecular formula is C21H23ClN4O2S. The molecule has 0 radical (unpaired) electrons. The molecule has 0 aliphatic heterocycles. The third-order valence-corrected chi connectivity index (χ3v) is 6.83. The van der Waals surface area contributed by atoms with E-state index in [9.17, 15) is 10.2 Å². The van der Waals surface area contributed by atoms with Gasteiger partial charge < -0.3 is 15.5 Å². The average molecular weight is 431 g/mol. The van der Waals surface area contributed by atoms with E-state index in [1.165, 1.54) is 11.3 Å². The van der Waals surface area contributed by atoms with Crippen LogP contribution in [-0.4, -0.2) is 31.3 Å². The summed E-state index contributed by atoms with van der Waals surface area (Å²) in [6.07, 6.45) is 5.35. The highest BCUT2D eigenvalue weighted by molar-refractivity contribution is 7.15. The van der Waals surface area contributed by atoms with Crippen LogP contribution in [0, 0.1) is 13.8 Å².